The summed E-state index contributed by atoms with van der Waals surface area (Å²) in [6.07, 6.45) is 1.67. The first-order chi connectivity index (χ1) is 13.7. The molecule has 28 heavy (non-hydrogen) atoms. The first kappa shape index (κ1) is 16.9. The van der Waals surface area contributed by atoms with Crippen LogP contribution in [0.25, 0.3) is 21.1 Å². The molecule has 4 nitrogen and oxygen atoms in total. The maximum absolute atomic E-state index is 11.1. The molecular formula is C23H17N3OS. The van der Waals surface area contributed by atoms with Gasteiger partial charge in [0.15, 0.2) is 0 Å². The molecule has 0 aliphatic carbocycles. The van der Waals surface area contributed by atoms with E-state index in [1.54, 1.807) is 17.5 Å². The highest BCUT2D eigenvalue weighted by molar-refractivity contribution is 7.18. The number of phenols is 1. The van der Waals surface area contributed by atoms with Crippen LogP contribution in [0.4, 0.5) is 0 Å². The number of thiazole rings is 1. The quantitative estimate of drug-likeness (QED) is 0.469. The fourth-order valence-corrected chi connectivity index (χ4v) is 4.69. The minimum Gasteiger partial charge on any atom is -0.505 e. The Bertz CT molecular complexity index is 1270. The van der Waals surface area contributed by atoms with Crippen LogP contribution in [0.15, 0.2) is 85.1 Å². The van der Waals surface area contributed by atoms with Gasteiger partial charge in [-0.15, -0.1) is 11.3 Å². The predicted molar refractivity (Wildman–Crippen MR) is 114 cm³/mol. The van der Waals surface area contributed by atoms with Crippen LogP contribution < -0.4 is 5.73 Å². The Morgan fingerprint density at radius 1 is 0.857 bits per heavy atom. The molecule has 5 rings (SSSR count). The van der Waals surface area contributed by atoms with Crippen molar-refractivity contribution in [2.75, 3.05) is 0 Å². The molecule has 0 bridgehead atoms. The summed E-state index contributed by atoms with van der Waals surface area (Å²) in [4.78, 5) is 9.18. The molecule has 2 heterocycles. The van der Waals surface area contributed by atoms with E-state index in [0.29, 0.717) is 11.1 Å². The third-order valence-corrected chi connectivity index (χ3v) is 6.20. The van der Waals surface area contributed by atoms with Gasteiger partial charge in [-0.25, -0.2) is 4.98 Å². The Labute approximate surface area is 165 Å². The van der Waals surface area contributed by atoms with Crippen LogP contribution in [0, 0.1) is 0 Å². The standard InChI is InChI=1S/C23H17N3OS/c24-23(16-8-2-1-3-9-16,22-26-18-10-4-5-11-19(18)28-22)17-13-12-15-7-6-14-25-20(15)21(17)27/h1-14,27H,24H2. The van der Waals surface area contributed by atoms with Crippen molar-refractivity contribution in [2.24, 2.45) is 5.73 Å². The normalized spacial score (nSPS) is 13.6. The largest absolute Gasteiger partial charge is 0.505 e. The second-order valence-electron chi connectivity index (χ2n) is 6.70. The number of pyridine rings is 1. The summed E-state index contributed by atoms with van der Waals surface area (Å²) in [5.41, 5.74) is 8.86. The highest BCUT2D eigenvalue weighted by Gasteiger charge is 2.38. The van der Waals surface area contributed by atoms with Gasteiger partial charge in [0.1, 0.15) is 21.8 Å². The smallest absolute Gasteiger partial charge is 0.147 e. The van der Waals surface area contributed by atoms with E-state index in [1.807, 2.05) is 78.9 Å². The Balaban J connectivity index is 1.84. The summed E-state index contributed by atoms with van der Waals surface area (Å²) >= 11 is 1.54. The van der Waals surface area contributed by atoms with E-state index >= 15 is 0 Å². The van der Waals surface area contributed by atoms with E-state index in [-0.39, 0.29) is 5.75 Å². The number of aromatic hydroxyl groups is 1. The first-order valence-electron chi connectivity index (χ1n) is 8.95. The molecular weight excluding hydrogens is 366 g/mol. The molecule has 0 fully saturated rings. The van der Waals surface area contributed by atoms with Gasteiger partial charge in [0, 0.05) is 17.1 Å². The topological polar surface area (TPSA) is 72.0 Å². The van der Waals surface area contributed by atoms with Crippen molar-refractivity contribution in [3.8, 4) is 5.75 Å². The predicted octanol–water partition coefficient (Wildman–Crippen LogP) is 4.80. The van der Waals surface area contributed by atoms with Gasteiger partial charge < -0.3 is 10.8 Å². The van der Waals surface area contributed by atoms with E-state index in [4.69, 9.17) is 10.7 Å². The second kappa shape index (κ2) is 6.41. The second-order valence-corrected chi connectivity index (χ2v) is 7.73. The molecule has 0 aliphatic rings. The van der Waals surface area contributed by atoms with E-state index in [0.717, 1.165) is 26.2 Å². The van der Waals surface area contributed by atoms with Gasteiger partial charge >= 0.3 is 0 Å². The Morgan fingerprint density at radius 3 is 2.46 bits per heavy atom. The Morgan fingerprint density at radius 2 is 1.64 bits per heavy atom. The number of nitrogens with zero attached hydrogens (tertiary/aromatic N) is 2. The highest BCUT2D eigenvalue weighted by atomic mass is 32.1. The highest BCUT2D eigenvalue weighted by Crippen LogP contribution is 2.43. The Hall–Kier alpha value is -3.28. The summed E-state index contributed by atoms with van der Waals surface area (Å²) in [6.45, 7) is 0. The molecule has 0 amide bonds. The molecule has 5 heteroatoms. The summed E-state index contributed by atoms with van der Waals surface area (Å²) < 4.78 is 1.06. The third kappa shape index (κ3) is 2.48. The van der Waals surface area contributed by atoms with Crippen molar-refractivity contribution in [3.63, 3.8) is 0 Å². The van der Waals surface area contributed by atoms with Gasteiger partial charge in [-0.3, -0.25) is 4.98 Å². The number of benzene rings is 3. The minimum absolute atomic E-state index is 0.0868. The van der Waals surface area contributed by atoms with Crippen LogP contribution in [-0.2, 0) is 5.54 Å². The number of hydrogen-bond donors (Lipinski definition) is 2. The van der Waals surface area contributed by atoms with Crippen LogP contribution >= 0.6 is 11.3 Å². The molecule has 0 aliphatic heterocycles. The van der Waals surface area contributed by atoms with Crippen molar-refractivity contribution in [2.45, 2.75) is 5.54 Å². The van der Waals surface area contributed by atoms with E-state index in [9.17, 15) is 5.11 Å². The zero-order valence-corrected chi connectivity index (χ0v) is 15.7. The number of hydrogen-bond acceptors (Lipinski definition) is 5. The molecule has 0 radical (unpaired) electrons. The minimum atomic E-state index is -1.10. The van der Waals surface area contributed by atoms with Crippen LogP contribution in [0.5, 0.6) is 5.75 Å². The maximum atomic E-state index is 11.1. The van der Waals surface area contributed by atoms with Crippen LogP contribution in [0.3, 0.4) is 0 Å². The lowest BCUT2D eigenvalue weighted by atomic mass is 9.83. The number of phenolic OH excluding ortho intramolecular Hbond substituents is 1. The van der Waals surface area contributed by atoms with Gasteiger partial charge in [0.25, 0.3) is 0 Å². The van der Waals surface area contributed by atoms with Crippen molar-refractivity contribution in [1.29, 1.82) is 0 Å². The third-order valence-electron chi connectivity index (χ3n) is 5.03. The van der Waals surface area contributed by atoms with Crippen molar-refractivity contribution in [3.05, 3.63) is 101 Å². The molecule has 1 atom stereocenters. The molecule has 0 spiro atoms. The van der Waals surface area contributed by atoms with E-state index < -0.39 is 5.54 Å². The molecule has 136 valence electrons. The maximum Gasteiger partial charge on any atom is 0.147 e. The number of rotatable bonds is 3. The lowest BCUT2D eigenvalue weighted by Gasteiger charge is -2.29. The van der Waals surface area contributed by atoms with Gasteiger partial charge in [-0.2, -0.15) is 0 Å². The number of fused-ring (bicyclic) bond motifs is 2. The molecule has 1 unspecified atom stereocenters. The van der Waals surface area contributed by atoms with Crippen LogP contribution in [0.1, 0.15) is 16.1 Å². The van der Waals surface area contributed by atoms with Crippen molar-refractivity contribution >= 4 is 32.5 Å². The average molecular weight is 383 g/mol. The number of para-hydroxylation sites is 1. The summed E-state index contributed by atoms with van der Waals surface area (Å²) in [5.74, 6) is 0.0868. The van der Waals surface area contributed by atoms with Gasteiger partial charge in [-0.1, -0.05) is 60.7 Å². The summed E-state index contributed by atoms with van der Waals surface area (Å²) in [6, 6.07) is 25.3. The SMILES string of the molecule is NC(c1ccccc1)(c1nc2ccccc2s1)c1ccc2cccnc2c1O. The fraction of sp³-hybridized carbons (Fsp3) is 0.0435. The molecule has 3 aromatic carbocycles. The van der Waals surface area contributed by atoms with Crippen molar-refractivity contribution in [1.82, 2.24) is 9.97 Å². The first-order valence-corrected chi connectivity index (χ1v) is 9.77. The fourth-order valence-electron chi connectivity index (χ4n) is 3.58. The lowest BCUT2D eigenvalue weighted by Crippen LogP contribution is -2.39. The van der Waals surface area contributed by atoms with Crippen LogP contribution in [0.2, 0.25) is 0 Å². The molecule has 0 saturated heterocycles. The van der Waals surface area contributed by atoms with E-state index in [2.05, 4.69) is 4.98 Å². The van der Waals surface area contributed by atoms with Gasteiger partial charge in [-0.05, 0) is 23.8 Å². The van der Waals surface area contributed by atoms with Gasteiger partial charge in [0.05, 0.1) is 10.2 Å². The monoisotopic (exact) mass is 383 g/mol. The summed E-state index contributed by atoms with van der Waals surface area (Å²) in [5, 5.41) is 12.7. The van der Waals surface area contributed by atoms with E-state index in [1.165, 1.54) is 0 Å². The lowest BCUT2D eigenvalue weighted by molar-refractivity contribution is 0.459. The number of aromatic nitrogens is 2. The molecule has 2 aromatic heterocycles. The molecule has 3 N–H and O–H groups in total. The Kier molecular flexibility index (Phi) is 3.86. The average Bonchev–Trinajstić information content (AvgIpc) is 3.19. The zero-order valence-electron chi connectivity index (χ0n) is 14.9. The summed E-state index contributed by atoms with van der Waals surface area (Å²) in [7, 11) is 0. The van der Waals surface area contributed by atoms with Crippen LogP contribution in [-0.4, -0.2) is 15.1 Å². The number of nitrogens with two attached hydrogens (primary N) is 1. The molecule has 0 saturated carbocycles. The van der Waals surface area contributed by atoms with Crippen molar-refractivity contribution < 1.29 is 5.11 Å². The van der Waals surface area contributed by atoms with Gasteiger partial charge in [0.2, 0.25) is 0 Å². The molecule has 5 aromatic rings. The zero-order chi connectivity index (χ0) is 19.1.